The van der Waals surface area contributed by atoms with Crippen LogP contribution in [-0.2, 0) is 0 Å². The van der Waals surface area contributed by atoms with Crippen LogP contribution in [-0.4, -0.2) is 4.90 Å². The van der Waals surface area contributed by atoms with Crippen molar-refractivity contribution >= 4 is 0 Å². The highest BCUT2D eigenvalue weighted by Crippen LogP contribution is 2.08. The van der Waals surface area contributed by atoms with Crippen LogP contribution in [0.4, 0.5) is 0 Å². The van der Waals surface area contributed by atoms with Crippen molar-refractivity contribution < 1.29 is 0 Å². The van der Waals surface area contributed by atoms with E-state index in [4.69, 9.17) is 0 Å². The van der Waals surface area contributed by atoms with Crippen molar-refractivity contribution in [2.45, 2.75) is 13.8 Å². The van der Waals surface area contributed by atoms with Gasteiger partial charge >= 0.3 is 0 Å². The molecule has 0 saturated heterocycles. The first kappa shape index (κ1) is 9.76. The Hall–Kier alpha value is -1.24. The predicted octanol–water partition coefficient (Wildman–Crippen LogP) is 3.06. The van der Waals surface area contributed by atoms with Gasteiger partial charge in [0.2, 0.25) is 0 Å². The van der Waals surface area contributed by atoms with Gasteiger partial charge in [-0.25, -0.2) is 0 Å². The Balaban J connectivity index is 0.000000461. The third kappa shape index (κ3) is 2.89. The monoisotopic (exact) mass is 149 g/mol. The van der Waals surface area contributed by atoms with Crippen LogP contribution < -0.4 is 0 Å². The number of nitrogens with zero attached hydrogens (tertiary/aromatic N) is 1. The average molecular weight is 149 g/mol. The summed E-state index contributed by atoms with van der Waals surface area (Å²) in [5.41, 5.74) is 0.951. The van der Waals surface area contributed by atoms with Crippen molar-refractivity contribution in [3.05, 3.63) is 49.5 Å². The van der Waals surface area contributed by atoms with Crippen LogP contribution in [0.25, 0.3) is 0 Å². The third-order valence-electron chi connectivity index (χ3n) is 1.17. The molecule has 1 rings (SSSR count). The highest BCUT2D eigenvalue weighted by molar-refractivity contribution is 5.26. The first-order valence-electron chi connectivity index (χ1n) is 3.79. The summed E-state index contributed by atoms with van der Waals surface area (Å²) in [6.45, 7) is 11.4. The van der Waals surface area contributed by atoms with Gasteiger partial charge in [0.15, 0.2) is 0 Å². The Morgan fingerprint density at radius 3 is 2.36 bits per heavy atom. The van der Waals surface area contributed by atoms with E-state index in [0.29, 0.717) is 0 Å². The lowest BCUT2D eigenvalue weighted by atomic mass is 10.3. The lowest BCUT2D eigenvalue weighted by Crippen LogP contribution is -2.06. The Labute approximate surface area is 69.0 Å². The Morgan fingerprint density at radius 1 is 1.36 bits per heavy atom. The molecule has 0 amide bonds. The van der Waals surface area contributed by atoms with Gasteiger partial charge < -0.3 is 4.90 Å². The largest absolute Gasteiger partial charge is 0.325 e. The molecular weight excluding hydrogens is 134 g/mol. The van der Waals surface area contributed by atoms with E-state index in [1.807, 2.05) is 43.2 Å². The van der Waals surface area contributed by atoms with E-state index in [-0.39, 0.29) is 0 Å². The number of hydrogen-bond donors (Lipinski definition) is 0. The molecule has 60 valence electrons. The van der Waals surface area contributed by atoms with Gasteiger partial charge in [-0.15, -0.1) is 0 Å². The Morgan fingerprint density at radius 2 is 2.00 bits per heavy atom. The highest BCUT2D eigenvalue weighted by Gasteiger charge is 1.96. The molecule has 1 heteroatoms. The highest BCUT2D eigenvalue weighted by atomic mass is 15.1. The summed E-state index contributed by atoms with van der Waals surface area (Å²) in [6, 6.07) is 0. The quantitative estimate of drug-likeness (QED) is 0.554. The summed E-state index contributed by atoms with van der Waals surface area (Å²) in [5, 5.41) is 0. The summed E-state index contributed by atoms with van der Waals surface area (Å²) < 4.78 is 0. The molecule has 0 radical (unpaired) electrons. The minimum atomic E-state index is 0.951. The van der Waals surface area contributed by atoms with Gasteiger partial charge in [0.1, 0.15) is 0 Å². The zero-order valence-electron chi connectivity index (χ0n) is 7.25. The third-order valence-corrected chi connectivity index (χ3v) is 1.17. The predicted molar refractivity (Wildman–Crippen MR) is 50.8 cm³/mol. The smallest absolute Gasteiger partial charge is 0.0377 e. The van der Waals surface area contributed by atoms with E-state index in [1.165, 1.54) is 0 Å². The van der Waals surface area contributed by atoms with E-state index in [9.17, 15) is 0 Å². The minimum absolute atomic E-state index is 0.951. The van der Waals surface area contributed by atoms with Crippen LogP contribution in [0.2, 0.25) is 0 Å². The molecule has 0 spiro atoms. The fraction of sp³-hybridized carbons (Fsp3) is 0.200. The van der Waals surface area contributed by atoms with E-state index in [2.05, 4.69) is 13.2 Å². The molecule has 0 aliphatic carbocycles. The van der Waals surface area contributed by atoms with E-state index in [0.717, 1.165) is 5.70 Å². The summed E-state index contributed by atoms with van der Waals surface area (Å²) >= 11 is 0. The SMILES string of the molecule is C=CN1C=CC=CC1=C.CC. The summed E-state index contributed by atoms with van der Waals surface area (Å²) in [6.07, 6.45) is 9.46. The van der Waals surface area contributed by atoms with Crippen molar-refractivity contribution in [1.82, 2.24) is 4.90 Å². The molecule has 0 aromatic rings. The second-order valence-corrected chi connectivity index (χ2v) is 1.78. The van der Waals surface area contributed by atoms with E-state index < -0.39 is 0 Å². The van der Waals surface area contributed by atoms with Crippen LogP contribution in [0.1, 0.15) is 13.8 Å². The second kappa shape index (κ2) is 5.54. The molecule has 0 fully saturated rings. The average Bonchev–Trinajstić information content (AvgIpc) is 2.09. The van der Waals surface area contributed by atoms with Crippen molar-refractivity contribution in [2.75, 3.05) is 0 Å². The van der Waals surface area contributed by atoms with Crippen LogP contribution in [0.15, 0.2) is 49.5 Å². The standard InChI is InChI=1S/C8H9N.C2H6/c1-3-9-7-5-4-6-8(9)2;1-2/h3-7H,1-2H2;1-2H3. The van der Waals surface area contributed by atoms with Crippen LogP contribution in [0, 0.1) is 0 Å². The molecule has 1 aliphatic heterocycles. The zero-order chi connectivity index (χ0) is 8.69. The van der Waals surface area contributed by atoms with Gasteiger partial charge in [0.25, 0.3) is 0 Å². The second-order valence-electron chi connectivity index (χ2n) is 1.78. The topological polar surface area (TPSA) is 3.24 Å². The van der Waals surface area contributed by atoms with Crippen LogP contribution in [0.3, 0.4) is 0 Å². The minimum Gasteiger partial charge on any atom is -0.325 e. The maximum absolute atomic E-state index is 3.78. The van der Waals surface area contributed by atoms with Crippen LogP contribution in [0.5, 0.6) is 0 Å². The Bertz CT molecular complexity index is 187. The zero-order valence-corrected chi connectivity index (χ0v) is 7.25. The number of hydrogen-bond acceptors (Lipinski definition) is 1. The summed E-state index contributed by atoms with van der Waals surface area (Å²) in [5.74, 6) is 0. The molecule has 1 heterocycles. The fourth-order valence-electron chi connectivity index (χ4n) is 0.669. The van der Waals surface area contributed by atoms with E-state index in [1.54, 1.807) is 6.20 Å². The normalized spacial score (nSPS) is 14.0. The van der Waals surface area contributed by atoms with Gasteiger partial charge in [-0.3, -0.25) is 0 Å². The molecule has 1 nitrogen and oxygen atoms in total. The van der Waals surface area contributed by atoms with Crippen molar-refractivity contribution in [3.63, 3.8) is 0 Å². The maximum Gasteiger partial charge on any atom is 0.0377 e. The molecular formula is C10H15N. The molecule has 0 unspecified atom stereocenters. The number of allylic oxidation sites excluding steroid dienone is 3. The number of rotatable bonds is 1. The molecule has 0 aromatic carbocycles. The van der Waals surface area contributed by atoms with Gasteiger partial charge in [0, 0.05) is 18.1 Å². The van der Waals surface area contributed by atoms with Crippen molar-refractivity contribution in [2.24, 2.45) is 0 Å². The molecule has 0 atom stereocenters. The lowest BCUT2D eigenvalue weighted by molar-refractivity contribution is 0.651. The fourth-order valence-corrected chi connectivity index (χ4v) is 0.669. The van der Waals surface area contributed by atoms with E-state index >= 15 is 0 Å². The van der Waals surface area contributed by atoms with Gasteiger partial charge in [-0.05, 0) is 12.2 Å². The van der Waals surface area contributed by atoms with Gasteiger partial charge in [0.05, 0.1) is 0 Å². The first-order valence-corrected chi connectivity index (χ1v) is 3.79. The molecule has 0 aromatic heterocycles. The maximum atomic E-state index is 3.78. The molecule has 0 bridgehead atoms. The molecule has 0 saturated carbocycles. The van der Waals surface area contributed by atoms with Gasteiger partial charge in [-0.2, -0.15) is 0 Å². The lowest BCUT2D eigenvalue weighted by Gasteiger charge is -2.16. The van der Waals surface area contributed by atoms with Crippen molar-refractivity contribution in [3.8, 4) is 0 Å². The summed E-state index contributed by atoms with van der Waals surface area (Å²) in [4.78, 5) is 1.86. The van der Waals surface area contributed by atoms with Crippen molar-refractivity contribution in [1.29, 1.82) is 0 Å². The summed E-state index contributed by atoms with van der Waals surface area (Å²) in [7, 11) is 0. The van der Waals surface area contributed by atoms with Crippen LogP contribution >= 0.6 is 0 Å². The first-order chi connectivity index (χ1) is 5.34. The molecule has 0 N–H and O–H groups in total. The molecule has 11 heavy (non-hydrogen) atoms. The Kier molecular flexibility index (Phi) is 4.91. The van der Waals surface area contributed by atoms with Gasteiger partial charge in [-0.1, -0.05) is 33.1 Å². The molecule has 1 aliphatic rings.